The molecule has 1 aromatic carbocycles. The van der Waals surface area contributed by atoms with Crippen LogP contribution >= 0.6 is 0 Å². The molecule has 0 radical (unpaired) electrons. The number of nitro benzene ring substituents is 1. The van der Waals surface area contributed by atoms with Crippen LogP contribution in [-0.2, 0) is 4.74 Å². The molecule has 0 atom stereocenters. The molecular weight excluding hydrogens is 276 g/mol. The summed E-state index contributed by atoms with van der Waals surface area (Å²) in [5.41, 5.74) is 0.597. The van der Waals surface area contributed by atoms with Gasteiger partial charge in [0.2, 0.25) is 0 Å². The molecule has 0 aliphatic heterocycles. The summed E-state index contributed by atoms with van der Waals surface area (Å²) in [5, 5.41) is 20.7. The highest BCUT2D eigenvalue weighted by Gasteiger charge is 2.15. The van der Waals surface area contributed by atoms with Crippen molar-refractivity contribution in [3.63, 3.8) is 0 Å². The Labute approximate surface area is 121 Å². The molecule has 0 fully saturated rings. The van der Waals surface area contributed by atoms with E-state index >= 15 is 0 Å². The van der Waals surface area contributed by atoms with E-state index in [-0.39, 0.29) is 12.3 Å². The van der Waals surface area contributed by atoms with Gasteiger partial charge in [0.1, 0.15) is 12.1 Å². The summed E-state index contributed by atoms with van der Waals surface area (Å²) in [7, 11) is 1.58. The Balaban J connectivity index is 2.49. The lowest BCUT2D eigenvalue weighted by Gasteiger charge is -2.23. The van der Waals surface area contributed by atoms with Gasteiger partial charge in [0, 0.05) is 37.7 Å². The number of aliphatic hydroxyl groups is 1. The molecule has 2 aromatic rings. The number of methoxy groups -OCH3 is 1. The highest BCUT2D eigenvalue weighted by Crippen LogP contribution is 2.26. The number of nitrogens with zero attached hydrogens (tertiary/aromatic N) is 4. The van der Waals surface area contributed by atoms with Gasteiger partial charge in [-0.05, 0) is 6.07 Å². The van der Waals surface area contributed by atoms with Crippen molar-refractivity contribution in [2.45, 2.75) is 0 Å². The SMILES string of the molecule is COCCN(CCO)c1ncnc2ccc([N+](=O)[O-])cc12. The Kier molecular flexibility index (Phi) is 4.96. The van der Waals surface area contributed by atoms with Crippen LogP contribution in [0.5, 0.6) is 0 Å². The Morgan fingerprint density at radius 1 is 1.38 bits per heavy atom. The first-order valence-corrected chi connectivity index (χ1v) is 6.41. The molecule has 0 unspecified atom stereocenters. The predicted octanol–water partition coefficient (Wildman–Crippen LogP) is 0.983. The zero-order chi connectivity index (χ0) is 15.2. The maximum Gasteiger partial charge on any atom is 0.270 e. The van der Waals surface area contributed by atoms with Gasteiger partial charge in [-0.2, -0.15) is 0 Å². The van der Waals surface area contributed by atoms with Gasteiger partial charge in [0.15, 0.2) is 0 Å². The fourth-order valence-corrected chi connectivity index (χ4v) is 2.04. The van der Waals surface area contributed by atoms with Gasteiger partial charge >= 0.3 is 0 Å². The Bertz CT molecular complexity index is 635. The highest BCUT2D eigenvalue weighted by atomic mass is 16.6. The molecule has 1 aromatic heterocycles. The van der Waals surface area contributed by atoms with Crippen molar-refractivity contribution in [3.05, 3.63) is 34.6 Å². The number of anilines is 1. The van der Waals surface area contributed by atoms with E-state index in [1.165, 1.54) is 18.5 Å². The fraction of sp³-hybridized carbons (Fsp3) is 0.385. The molecule has 21 heavy (non-hydrogen) atoms. The van der Waals surface area contributed by atoms with Crippen molar-refractivity contribution in [3.8, 4) is 0 Å². The van der Waals surface area contributed by atoms with Gasteiger partial charge in [-0.1, -0.05) is 0 Å². The summed E-state index contributed by atoms with van der Waals surface area (Å²) >= 11 is 0. The van der Waals surface area contributed by atoms with Crippen molar-refractivity contribution in [1.29, 1.82) is 0 Å². The largest absolute Gasteiger partial charge is 0.395 e. The van der Waals surface area contributed by atoms with E-state index in [1.54, 1.807) is 13.2 Å². The minimum Gasteiger partial charge on any atom is -0.395 e. The topological polar surface area (TPSA) is 102 Å². The molecule has 1 N–H and O–H groups in total. The van der Waals surface area contributed by atoms with Gasteiger partial charge < -0.3 is 14.7 Å². The van der Waals surface area contributed by atoms with Crippen LogP contribution in [0.25, 0.3) is 10.9 Å². The van der Waals surface area contributed by atoms with E-state index in [4.69, 9.17) is 4.74 Å². The quantitative estimate of drug-likeness (QED) is 0.599. The molecule has 112 valence electrons. The third kappa shape index (κ3) is 3.41. The van der Waals surface area contributed by atoms with Crippen LogP contribution in [0.2, 0.25) is 0 Å². The van der Waals surface area contributed by atoms with Crippen LogP contribution in [0, 0.1) is 10.1 Å². The van der Waals surface area contributed by atoms with Gasteiger partial charge in [0.05, 0.1) is 23.7 Å². The first-order valence-electron chi connectivity index (χ1n) is 6.41. The Morgan fingerprint density at radius 2 is 2.19 bits per heavy atom. The van der Waals surface area contributed by atoms with Gasteiger partial charge in [-0.15, -0.1) is 0 Å². The van der Waals surface area contributed by atoms with Crippen LogP contribution in [-0.4, -0.2) is 53.4 Å². The molecule has 8 heteroatoms. The molecule has 2 rings (SSSR count). The number of ether oxygens (including phenoxy) is 1. The van der Waals surface area contributed by atoms with Gasteiger partial charge in [0.25, 0.3) is 5.69 Å². The highest BCUT2D eigenvalue weighted by molar-refractivity contribution is 5.91. The molecule has 0 saturated carbocycles. The van der Waals surface area contributed by atoms with E-state index in [0.29, 0.717) is 36.4 Å². The Hall–Kier alpha value is -2.32. The molecule has 0 saturated heterocycles. The maximum absolute atomic E-state index is 10.9. The van der Waals surface area contributed by atoms with E-state index in [0.717, 1.165) is 0 Å². The third-order valence-corrected chi connectivity index (χ3v) is 3.04. The summed E-state index contributed by atoms with van der Waals surface area (Å²) in [4.78, 5) is 20.6. The monoisotopic (exact) mass is 292 g/mol. The van der Waals surface area contributed by atoms with Crippen molar-refractivity contribution in [2.75, 3.05) is 38.3 Å². The molecule has 8 nitrogen and oxygen atoms in total. The number of aliphatic hydroxyl groups excluding tert-OH is 1. The van der Waals surface area contributed by atoms with Crippen LogP contribution in [0.3, 0.4) is 0 Å². The number of nitro groups is 1. The number of hydrogen-bond acceptors (Lipinski definition) is 7. The standard InChI is InChI=1S/C13H16N4O4/c1-21-7-5-16(4-6-18)13-11-8-10(17(19)20)2-3-12(11)14-9-15-13/h2-3,8-9,18H,4-7H2,1H3. The molecule has 0 bridgehead atoms. The lowest BCUT2D eigenvalue weighted by molar-refractivity contribution is -0.384. The van der Waals surface area contributed by atoms with E-state index in [9.17, 15) is 15.2 Å². The van der Waals surface area contributed by atoms with Crippen molar-refractivity contribution >= 4 is 22.4 Å². The Morgan fingerprint density at radius 3 is 2.86 bits per heavy atom. The van der Waals surface area contributed by atoms with E-state index in [2.05, 4.69) is 9.97 Å². The summed E-state index contributed by atoms with van der Waals surface area (Å²) in [5.74, 6) is 0.551. The van der Waals surface area contributed by atoms with Crippen molar-refractivity contribution in [1.82, 2.24) is 9.97 Å². The summed E-state index contributed by atoms with van der Waals surface area (Å²) in [6.07, 6.45) is 1.40. The fourth-order valence-electron chi connectivity index (χ4n) is 2.04. The van der Waals surface area contributed by atoms with Crippen molar-refractivity contribution in [2.24, 2.45) is 0 Å². The number of hydrogen-bond donors (Lipinski definition) is 1. The first kappa shape index (κ1) is 15.1. The van der Waals surface area contributed by atoms with Crippen molar-refractivity contribution < 1.29 is 14.8 Å². The molecular formula is C13H16N4O4. The number of fused-ring (bicyclic) bond motifs is 1. The van der Waals surface area contributed by atoms with Crippen LogP contribution < -0.4 is 4.90 Å². The summed E-state index contributed by atoms with van der Waals surface area (Å²) in [6, 6.07) is 4.44. The lowest BCUT2D eigenvalue weighted by atomic mass is 10.2. The third-order valence-electron chi connectivity index (χ3n) is 3.04. The van der Waals surface area contributed by atoms with Crippen LogP contribution in [0.4, 0.5) is 11.5 Å². The zero-order valence-corrected chi connectivity index (χ0v) is 11.6. The van der Waals surface area contributed by atoms with Gasteiger partial charge in [-0.3, -0.25) is 10.1 Å². The molecule has 0 aliphatic rings. The second-order valence-electron chi connectivity index (χ2n) is 4.36. The lowest BCUT2D eigenvalue weighted by Crippen LogP contribution is -2.31. The second-order valence-corrected chi connectivity index (χ2v) is 4.36. The molecule has 0 aliphatic carbocycles. The molecule has 0 amide bonds. The number of non-ortho nitro benzene ring substituents is 1. The summed E-state index contributed by atoms with van der Waals surface area (Å²) in [6.45, 7) is 1.29. The van der Waals surface area contributed by atoms with Crippen LogP contribution in [0.15, 0.2) is 24.5 Å². The second kappa shape index (κ2) is 6.91. The average Bonchev–Trinajstić information content (AvgIpc) is 2.50. The molecule has 0 spiro atoms. The minimum absolute atomic E-state index is 0.0192. The number of benzene rings is 1. The van der Waals surface area contributed by atoms with E-state index < -0.39 is 4.92 Å². The average molecular weight is 292 g/mol. The molecule has 1 heterocycles. The normalized spacial score (nSPS) is 10.8. The summed E-state index contributed by atoms with van der Waals surface area (Å²) < 4.78 is 5.04. The first-order chi connectivity index (χ1) is 10.2. The minimum atomic E-state index is -0.457. The number of rotatable bonds is 7. The number of aromatic nitrogens is 2. The van der Waals surface area contributed by atoms with Crippen LogP contribution in [0.1, 0.15) is 0 Å². The van der Waals surface area contributed by atoms with E-state index in [1.807, 2.05) is 4.90 Å². The smallest absolute Gasteiger partial charge is 0.270 e. The van der Waals surface area contributed by atoms with Gasteiger partial charge in [-0.25, -0.2) is 9.97 Å². The zero-order valence-electron chi connectivity index (χ0n) is 11.6. The predicted molar refractivity (Wildman–Crippen MR) is 77.4 cm³/mol. The maximum atomic E-state index is 10.9.